The summed E-state index contributed by atoms with van der Waals surface area (Å²) in [6, 6.07) is 7.37. The summed E-state index contributed by atoms with van der Waals surface area (Å²) < 4.78 is 10.5. The first-order valence-corrected chi connectivity index (χ1v) is 6.45. The van der Waals surface area contributed by atoms with E-state index in [4.69, 9.17) is 15.2 Å². The normalized spacial score (nSPS) is 12.6. The molecule has 0 spiro atoms. The number of methoxy groups -OCH3 is 1. The van der Waals surface area contributed by atoms with Gasteiger partial charge in [-0.25, -0.2) is 0 Å². The molecule has 19 heavy (non-hydrogen) atoms. The number of likely N-dealkylation sites (N-methyl/N-ethyl adjacent to an activating group) is 1. The van der Waals surface area contributed by atoms with Gasteiger partial charge in [0.1, 0.15) is 5.75 Å². The van der Waals surface area contributed by atoms with Crippen molar-refractivity contribution in [3.8, 4) is 5.75 Å². The van der Waals surface area contributed by atoms with Crippen LogP contribution in [0.25, 0.3) is 0 Å². The Hall–Kier alpha value is -1.30. The SMILES string of the molecule is COCC(O)CN(C)CCCOc1ccc(N)cc1. The van der Waals surface area contributed by atoms with E-state index >= 15 is 0 Å². The van der Waals surface area contributed by atoms with Gasteiger partial charge in [-0.05, 0) is 37.7 Å². The third kappa shape index (κ3) is 7.00. The number of nitrogens with two attached hydrogens (primary N) is 1. The van der Waals surface area contributed by atoms with E-state index in [9.17, 15) is 5.11 Å². The van der Waals surface area contributed by atoms with E-state index in [1.54, 1.807) is 7.11 Å². The second kappa shape index (κ2) is 8.74. The van der Waals surface area contributed by atoms with Gasteiger partial charge in [0.05, 0.1) is 19.3 Å². The third-order valence-electron chi connectivity index (χ3n) is 2.71. The van der Waals surface area contributed by atoms with Crippen LogP contribution in [0.5, 0.6) is 5.75 Å². The van der Waals surface area contributed by atoms with Crippen molar-refractivity contribution in [2.24, 2.45) is 0 Å². The Balaban J connectivity index is 2.11. The van der Waals surface area contributed by atoms with Crippen LogP contribution in [0.4, 0.5) is 5.69 Å². The molecular weight excluding hydrogens is 244 g/mol. The zero-order chi connectivity index (χ0) is 14.1. The highest BCUT2D eigenvalue weighted by molar-refractivity contribution is 5.41. The van der Waals surface area contributed by atoms with E-state index in [0.29, 0.717) is 19.8 Å². The van der Waals surface area contributed by atoms with Gasteiger partial charge in [0.15, 0.2) is 0 Å². The molecule has 0 aliphatic rings. The van der Waals surface area contributed by atoms with Gasteiger partial charge in [0.2, 0.25) is 0 Å². The lowest BCUT2D eigenvalue weighted by Gasteiger charge is -2.20. The Kier molecular flexibility index (Phi) is 7.25. The summed E-state index contributed by atoms with van der Waals surface area (Å²) in [6.07, 6.45) is 0.466. The maximum absolute atomic E-state index is 9.57. The van der Waals surface area contributed by atoms with E-state index < -0.39 is 6.10 Å². The standard InChI is InChI=1S/C14H24N2O3/c1-16(10-13(17)11-18-2)8-3-9-19-14-6-4-12(15)5-7-14/h4-7,13,17H,3,8-11,15H2,1-2H3. The Bertz CT molecular complexity index is 343. The number of aliphatic hydroxyl groups excluding tert-OH is 1. The van der Waals surface area contributed by atoms with Crippen molar-refractivity contribution in [3.05, 3.63) is 24.3 Å². The monoisotopic (exact) mass is 268 g/mol. The molecule has 0 aromatic heterocycles. The van der Waals surface area contributed by atoms with Gasteiger partial charge in [-0.1, -0.05) is 0 Å². The molecule has 5 nitrogen and oxygen atoms in total. The summed E-state index contributed by atoms with van der Waals surface area (Å²) in [5.74, 6) is 0.830. The highest BCUT2D eigenvalue weighted by atomic mass is 16.5. The van der Waals surface area contributed by atoms with Crippen LogP contribution in [0.3, 0.4) is 0 Å². The van der Waals surface area contributed by atoms with E-state index in [1.807, 2.05) is 31.3 Å². The number of hydrogen-bond acceptors (Lipinski definition) is 5. The lowest BCUT2D eigenvalue weighted by molar-refractivity contribution is 0.0424. The summed E-state index contributed by atoms with van der Waals surface area (Å²) in [5, 5.41) is 9.57. The van der Waals surface area contributed by atoms with Gasteiger partial charge >= 0.3 is 0 Å². The summed E-state index contributed by atoms with van der Waals surface area (Å²) in [4.78, 5) is 2.07. The molecule has 1 atom stereocenters. The minimum atomic E-state index is -0.437. The minimum Gasteiger partial charge on any atom is -0.494 e. The Morgan fingerprint density at radius 2 is 2.00 bits per heavy atom. The smallest absolute Gasteiger partial charge is 0.119 e. The fourth-order valence-corrected chi connectivity index (χ4v) is 1.78. The van der Waals surface area contributed by atoms with Crippen LogP contribution in [-0.2, 0) is 4.74 Å². The average Bonchev–Trinajstić information content (AvgIpc) is 2.37. The Labute approximate surface area is 114 Å². The van der Waals surface area contributed by atoms with Gasteiger partial charge < -0.3 is 25.2 Å². The van der Waals surface area contributed by atoms with E-state index in [1.165, 1.54) is 0 Å². The van der Waals surface area contributed by atoms with Crippen LogP contribution >= 0.6 is 0 Å². The number of rotatable bonds is 9. The van der Waals surface area contributed by atoms with Crippen molar-refractivity contribution in [1.29, 1.82) is 0 Å². The molecule has 1 unspecified atom stereocenters. The van der Waals surface area contributed by atoms with Gasteiger partial charge in [-0.2, -0.15) is 0 Å². The Morgan fingerprint density at radius 3 is 2.63 bits per heavy atom. The van der Waals surface area contributed by atoms with Gasteiger partial charge in [0, 0.05) is 25.9 Å². The first-order chi connectivity index (χ1) is 9.11. The Morgan fingerprint density at radius 1 is 1.32 bits per heavy atom. The fourth-order valence-electron chi connectivity index (χ4n) is 1.78. The number of nitrogen functional groups attached to an aromatic ring is 1. The molecule has 5 heteroatoms. The molecule has 1 rings (SSSR count). The van der Waals surface area contributed by atoms with Crippen LogP contribution in [0, 0.1) is 0 Å². The van der Waals surface area contributed by atoms with Crippen LogP contribution in [0.15, 0.2) is 24.3 Å². The molecule has 0 bridgehead atoms. The van der Waals surface area contributed by atoms with Crippen LogP contribution in [0.1, 0.15) is 6.42 Å². The van der Waals surface area contributed by atoms with Crippen molar-refractivity contribution in [2.45, 2.75) is 12.5 Å². The maximum Gasteiger partial charge on any atom is 0.119 e. The molecule has 1 aromatic carbocycles. The average molecular weight is 268 g/mol. The number of ether oxygens (including phenoxy) is 2. The largest absolute Gasteiger partial charge is 0.494 e. The van der Waals surface area contributed by atoms with Crippen molar-refractivity contribution in [1.82, 2.24) is 4.90 Å². The fraction of sp³-hybridized carbons (Fsp3) is 0.571. The third-order valence-corrected chi connectivity index (χ3v) is 2.71. The molecule has 3 N–H and O–H groups in total. The van der Waals surface area contributed by atoms with E-state index in [2.05, 4.69) is 4.90 Å². The zero-order valence-electron chi connectivity index (χ0n) is 11.7. The number of anilines is 1. The van der Waals surface area contributed by atoms with Crippen LogP contribution in [-0.4, -0.2) is 56.6 Å². The van der Waals surface area contributed by atoms with Crippen molar-refractivity contribution in [2.75, 3.05) is 46.2 Å². The second-order valence-corrected chi connectivity index (χ2v) is 4.64. The summed E-state index contributed by atoms with van der Waals surface area (Å²) in [5.41, 5.74) is 6.33. The molecule has 1 aromatic rings. The van der Waals surface area contributed by atoms with E-state index in [0.717, 1.165) is 24.4 Å². The van der Waals surface area contributed by atoms with Crippen molar-refractivity contribution >= 4 is 5.69 Å². The predicted octanol–water partition coefficient (Wildman–Crippen LogP) is 0.977. The van der Waals surface area contributed by atoms with Gasteiger partial charge in [-0.3, -0.25) is 0 Å². The van der Waals surface area contributed by atoms with Crippen LogP contribution < -0.4 is 10.5 Å². The molecule has 0 heterocycles. The van der Waals surface area contributed by atoms with Gasteiger partial charge in [-0.15, -0.1) is 0 Å². The van der Waals surface area contributed by atoms with E-state index in [-0.39, 0.29) is 0 Å². The van der Waals surface area contributed by atoms with Gasteiger partial charge in [0.25, 0.3) is 0 Å². The lowest BCUT2D eigenvalue weighted by atomic mass is 10.3. The number of nitrogens with zero attached hydrogens (tertiary/aromatic N) is 1. The minimum absolute atomic E-state index is 0.367. The van der Waals surface area contributed by atoms with Crippen LogP contribution in [0.2, 0.25) is 0 Å². The second-order valence-electron chi connectivity index (χ2n) is 4.64. The quantitative estimate of drug-likeness (QED) is 0.516. The highest BCUT2D eigenvalue weighted by Gasteiger charge is 2.07. The molecule has 0 saturated carbocycles. The molecule has 0 aliphatic heterocycles. The summed E-state index contributed by atoms with van der Waals surface area (Å²) in [7, 11) is 3.56. The zero-order valence-corrected chi connectivity index (χ0v) is 11.7. The molecule has 0 radical (unpaired) electrons. The van der Waals surface area contributed by atoms with Crippen molar-refractivity contribution in [3.63, 3.8) is 0 Å². The molecule has 0 saturated heterocycles. The number of hydrogen-bond donors (Lipinski definition) is 2. The van der Waals surface area contributed by atoms with Crippen molar-refractivity contribution < 1.29 is 14.6 Å². The number of aliphatic hydroxyl groups is 1. The molecule has 0 aliphatic carbocycles. The molecular formula is C14H24N2O3. The lowest BCUT2D eigenvalue weighted by Crippen LogP contribution is -2.33. The maximum atomic E-state index is 9.57. The molecule has 0 amide bonds. The topological polar surface area (TPSA) is 68.0 Å². The first kappa shape index (κ1) is 15.8. The summed E-state index contributed by atoms with van der Waals surface area (Å²) in [6.45, 7) is 2.49. The molecule has 108 valence electrons. The summed E-state index contributed by atoms with van der Waals surface area (Å²) >= 11 is 0. The number of benzene rings is 1. The molecule has 0 fully saturated rings. The highest BCUT2D eigenvalue weighted by Crippen LogP contribution is 2.13. The predicted molar refractivity (Wildman–Crippen MR) is 76.3 cm³/mol. The first-order valence-electron chi connectivity index (χ1n) is 6.45.